The van der Waals surface area contributed by atoms with Crippen molar-refractivity contribution in [3.05, 3.63) is 52.9 Å². The van der Waals surface area contributed by atoms with Crippen molar-refractivity contribution >= 4 is 29.2 Å². The monoisotopic (exact) mass is 522 g/mol. The van der Waals surface area contributed by atoms with Crippen molar-refractivity contribution in [3.63, 3.8) is 0 Å². The smallest absolute Gasteiger partial charge is 0.420 e. The molecule has 0 unspecified atom stereocenters. The molecule has 8 nitrogen and oxygen atoms in total. The standard InChI is InChI=1S/C24H22ClF3N4O4/c1-35-17-4-2-3-14(11-17)15-12-18(24(26,27)28)21-29-19(20(25)32(21)13-15)22(33)30-7-5-16(6-8-30)31-9-10-36-23(31)34/h2-4,11-13,16H,5-10H2,1H3. The molecule has 12 heteroatoms. The number of carbonyl (C=O) groups excluding carboxylic acids is 2. The molecule has 0 saturated carbocycles. The zero-order valence-corrected chi connectivity index (χ0v) is 20.0. The Morgan fingerprint density at radius 1 is 1.17 bits per heavy atom. The molecular weight excluding hydrogens is 501 g/mol. The molecular formula is C24H22ClF3N4O4. The lowest BCUT2D eigenvalue weighted by molar-refractivity contribution is -0.136. The summed E-state index contributed by atoms with van der Waals surface area (Å²) in [5, 5.41) is -0.199. The summed E-state index contributed by atoms with van der Waals surface area (Å²) in [5.74, 6) is -0.0680. The quantitative estimate of drug-likeness (QED) is 0.495. The van der Waals surface area contributed by atoms with Gasteiger partial charge in [-0.1, -0.05) is 23.7 Å². The van der Waals surface area contributed by atoms with Gasteiger partial charge in [0.25, 0.3) is 5.91 Å². The number of likely N-dealkylation sites (tertiary alicyclic amines) is 1. The number of nitrogens with zero attached hydrogens (tertiary/aromatic N) is 4. The fourth-order valence-corrected chi connectivity index (χ4v) is 4.94. The second kappa shape index (κ2) is 9.20. The SMILES string of the molecule is COc1cccc(-c2cc(C(F)(F)F)c3nc(C(=O)N4CCC(N5CCOC5=O)CC4)c(Cl)n3c2)c1. The van der Waals surface area contributed by atoms with Gasteiger partial charge in [0, 0.05) is 25.3 Å². The highest BCUT2D eigenvalue weighted by Crippen LogP contribution is 2.38. The normalized spacial score (nSPS) is 17.1. The van der Waals surface area contributed by atoms with Gasteiger partial charge in [0.1, 0.15) is 17.5 Å². The first-order chi connectivity index (χ1) is 17.2. The molecule has 0 atom stereocenters. The number of cyclic esters (lactones) is 1. The van der Waals surface area contributed by atoms with Crippen molar-refractivity contribution in [2.24, 2.45) is 0 Å². The lowest BCUT2D eigenvalue weighted by Crippen LogP contribution is -2.47. The van der Waals surface area contributed by atoms with Gasteiger partial charge in [-0.05, 0) is 42.2 Å². The zero-order valence-electron chi connectivity index (χ0n) is 19.2. The highest BCUT2D eigenvalue weighted by Gasteiger charge is 2.38. The minimum Gasteiger partial charge on any atom is -0.497 e. The summed E-state index contributed by atoms with van der Waals surface area (Å²) in [7, 11) is 1.47. The molecule has 2 aliphatic rings. The summed E-state index contributed by atoms with van der Waals surface area (Å²) in [6.07, 6.45) is -2.61. The number of pyridine rings is 1. The van der Waals surface area contributed by atoms with Crippen molar-refractivity contribution in [1.82, 2.24) is 19.2 Å². The van der Waals surface area contributed by atoms with E-state index in [1.807, 2.05) is 0 Å². The first kappa shape index (κ1) is 24.2. The second-order valence-corrected chi connectivity index (χ2v) is 9.01. The van der Waals surface area contributed by atoms with Crippen LogP contribution in [0.3, 0.4) is 0 Å². The molecule has 2 fully saturated rings. The number of carbonyl (C=O) groups is 2. The molecule has 0 radical (unpaired) electrons. The number of alkyl halides is 3. The molecule has 2 saturated heterocycles. The summed E-state index contributed by atoms with van der Waals surface area (Å²) in [5.41, 5.74) is -0.969. The zero-order chi connectivity index (χ0) is 25.6. The van der Waals surface area contributed by atoms with Crippen molar-refractivity contribution in [1.29, 1.82) is 0 Å². The summed E-state index contributed by atoms with van der Waals surface area (Å²) in [6.45, 7) is 1.48. The third kappa shape index (κ3) is 4.32. The highest BCUT2D eigenvalue weighted by atomic mass is 35.5. The highest BCUT2D eigenvalue weighted by molar-refractivity contribution is 6.33. The Hall–Kier alpha value is -3.47. The van der Waals surface area contributed by atoms with E-state index < -0.39 is 23.3 Å². The van der Waals surface area contributed by atoms with E-state index in [0.717, 1.165) is 10.5 Å². The Labute approximate surface area is 209 Å². The molecule has 0 bridgehead atoms. The predicted molar refractivity (Wildman–Crippen MR) is 124 cm³/mol. The van der Waals surface area contributed by atoms with Crippen LogP contribution in [0.2, 0.25) is 5.15 Å². The predicted octanol–water partition coefficient (Wildman–Crippen LogP) is 4.74. The van der Waals surface area contributed by atoms with E-state index in [4.69, 9.17) is 21.1 Å². The number of halogens is 4. The number of fused-ring (bicyclic) bond motifs is 1. The van der Waals surface area contributed by atoms with Crippen LogP contribution in [0, 0.1) is 0 Å². The fraction of sp³-hybridized carbons (Fsp3) is 0.375. The van der Waals surface area contributed by atoms with Crippen LogP contribution >= 0.6 is 11.6 Å². The molecule has 5 rings (SSSR count). The summed E-state index contributed by atoms with van der Waals surface area (Å²) in [6, 6.07) is 7.55. The first-order valence-electron chi connectivity index (χ1n) is 11.3. The third-order valence-electron chi connectivity index (χ3n) is 6.56. The number of benzene rings is 1. The Morgan fingerprint density at radius 2 is 1.92 bits per heavy atom. The van der Waals surface area contributed by atoms with Gasteiger partial charge < -0.3 is 19.3 Å². The summed E-state index contributed by atoms with van der Waals surface area (Å²) in [4.78, 5) is 32.3. The minimum absolute atomic E-state index is 0.0529. The van der Waals surface area contributed by atoms with E-state index in [1.54, 1.807) is 29.2 Å². The van der Waals surface area contributed by atoms with Crippen LogP contribution in [0.1, 0.15) is 28.9 Å². The van der Waals surface area contributed by atoms with E-state index in [0.29, 0.717) is 50.4 Å². The van der Waals surface area contributed by atoms with Crippen LogP contribution in [0.5, 0.6) is 5.75 Å². The third-order valence-corrected chi connectivity index (χ3v) is 6.92. The van der Waals surface area contributed by atoms with Crippen LogP contribution in [-0.4, -0.2) is 70.6 Å². The van der Waals surface area contributed by atoms with Gasteiger partial charge >= 0.3 is 12.3 Å². The van der Waals surface area contributed by atoms with Crippen LogP contribution in [0.15, 0.2) is 36.5 Å². The molecule has 0 aliphatic carbocycles. The number of piperidine rings is 1. The lowest BCUT2D eigenvalue weighted by Gasteiger charge is -2.35. The van der Waals surface area contributed by atoms with E-state index in [9.17, 15) is 22.8 Å². The minimum atomic E-state index is -4.73. The number of imidazole rings is 1. The number of aromatic nitrogens is 2. The average molecular weight is 523 g/mol. The van der Waals surface area contributed by atoms with Crippen LogP contribution < -0.4 is 4.74 Å². The van der Waals surface area contributed by atoms with Crippen molar-refractivity contribution in [3.8, 4) is 16.9 Å². The Kier molecular flexibility index (Phi) is 6.19. The molecule has 1 aromatic carbocycles. The summed E-state index contributed by atoms with van der Waals surface area (Å²) >= 11 is 6.45. The fourth-order valence-electron chi connectivity index (χ4n) is 4.69. The maximum atomic E-state index is 14.0. The number of ether oxygens (including phenoxy) is 2. The first-order valence-corrected chi connectivity index (χ1v) is 11.7. The average Bonchev–Trinajstić information content (AvgIpc) is 3.45. The summed E-state index contributed by atoms with van der Waals surface area (Å²) < 4.78 is 53.3. The maximum Gasteiger partial charge on any atom is 0.420 e. The van der Waals surface area contributed by atoms with Crippen molar-refractivity contribution < 1.29 is 32.2 Å². The van der Waals surface area contributed by atoms with E-state index in [-0.39, 0.29) is 28.5 Å². The number of methoxy groups -OCH3 is 1. The molecule has 0 N–H and O–H groups in total. The van der Waals surface area contributed by atoms with E-state index in [1.165, 1.54) is 18.2 Å². The van der Waals surface area contributed by atoms with Gasteiger partial charge in [-0.15, -0.1) is 0 Å². The number of amides is 2. The lowest BCUT2D eigenvalue weighted by atomic mass is 10.0. The Balaban J connectivity index is 1.48. The molecule has 3 aromatic rings. The maximum absolute atomic E-state index is 14.0. The molecule has 0 spiro atoms. The van der Waals surface area contributed by atoms with Gasteiger partial charge in [-0.3, -0.25) is 9.20 Å². The van der Waals surface area contributed by atoms with E-state index >= 15 is 0 Å². The van der Waals surface area contributed by atoms with Crippen LogP contribution in [-0.2, 0) is 10.9 Å². The number of hydrogen-bond acceptors (Lipinski definition) is 5. The van der Waals surface area contributed by atoms with Gasteiger partial charge in [-0.2, -0.15) is 13.2 Å². The molecule has 2 aromatic heterocycles. The van der Waals surface area contributed by atoms with Crippen molar-refractivity contribution in [2.45, 2.75) is 25.1 Å². The van der Waals surface area contributed by atoms with Crippen LogP contribution in [0.4, 0.5) is 18.0 Å². The molecule has 2 amide bonds. The topological polar surface area (TPSA) is 76.4 Å². The number of hydrogen-bond donors (Lipinski definition) is 0. The van der Waals surface area contributed by atoms with Gasteiger partial charge in [0.15, 0.2) is 11.3 Å². The Bertz CT molecular complexity index is 1330. The molecule has 2 aliphatic heterocycles. The largest absolute Gasteiger partial charge is 0.497 e. The second-order valence-electron chi connectivity index (χ2n) is 8.65. The molecule has 190 valence electrons. The molecule has 4 heterocycles. The van der Waals surface area contributed by atoms with Gasteiger partial charge in [-0.25, -0.2) is 9.78 Å². The number of rotatable bonds is 4. The van der Waals surface area contributed by atoms with Gasteiger partial charge in [0.2, 0.25) is 0 Å². The van der Waals surface area contributed by atoms with Crippen LogP contribution in [0.25, 0.3) is 16.8 Å². The van der Waals surface area contributed by atoms with E-state index in [2.05, 4.69) is 4.98 Å². The van der Waals surface area contributed by atoms with Gasteiger partial charge in [0.05, 0.1) is 19.2 Å². The molecule has 36 heavy (non-hydrogen) atoms. The van der Waals surface area contributed by atoms with Crippen molar-refractivity contribution in [2.75, 3.05) is 33.4 Å². The Morgan fingerprint density at radius 3 is 2.56 bits per heavy atom.